The van der Waals surface area contributed by atoms with Gasteiger partial charge in [0, 0.05) is 6.20 Å². The Labute approximate surface area is 100 Å². The van der Waals surface area contributed by atoms with Crippen LogP contribution < -0.4 is 0 Å². The number of hydrogen-bond acceptors (Lipinski definition) is 3. The second-order valence-corrected chi connectivity index (χ2v) is 3.98. The molecule has 2 aromatic rings. The van der Waals surface area contributed by atoms with Gasteiger partial charge in [-0.3, -0.25) is 9.48 Å². The predicted molar refractivity (Wildman–Crippen MR) is 64.9 cm³/mol. The van der Waals surface area contributed by atoms with Gasteiger partial charge in [0.15, 0.2) is 12.0 Å². The van der Waals surface area contributed by atoms with Crippen LogP contribution in [0.3, 0.4) is 0 Å². The van der Waals surface area contributed by atoms with Crippen LogP contribution in [0.4, 0.5) is 0 Å². The van der Waals surface area contributed by atoms with Gasteiger partial charge in [0.05, 0.1) is 17.9 Å². The summed E-state index contributed by atoms with van der Waals surface area (Å²) >= 11 is 0. The first-order valence-corrected chi connectivity index (χ1v) is 5.88. The van der Waals surface area contributed by atoms with Gasteiger partial charge in [-0.15, -0.1) is 0 Å². The second-order valence-electron chi connectivity index (χ2n) is 3.98. The standard InChI is InChI=1S/C13H16N2O2/c1-3-11(4-2)15-8-10(9-16)13(14-15)12-6-5-7-17-12/h5-9,11H,3-4H2,1-2H3. The first-order chi connectivity index (χ1) is 8.30. The number of rotatable bonds is 5. The van der Waals surface area contributed by atoms with Crippen LogP contribution in [0.2, 0.25) is 0 Å². The molecule has 2 heterocycles. The fourth-order valence-corrected chi connectivity index (χ4v) is 1.95. The number of nitrogens with zero attached hydrogens (tertiary/aromatic N) is 2. The van der Waals surface area contributed by atoms with E-state index in [-0.39, 0.29) is 0 Å². The summed E-state index contributed by atoms with van der Waals surface area (Å²) in [6, 6.07) is 3.93. The molecule has 90 valence electrons. The van der Waals surface area contributed by atoms with Gasteiger partial charge in [0.25, 0.3) is 0 Å². The lowest BCUT2D eigenvalue weighted by atomic mass is 10.2. The van der Waals surface area contributed by atoms with Crippen LogP contribution >= 0.6 is 0 Å². The highest BCUT2D eigenvalue weighted by atomic mass is 16.3. The lowest BCUT2D eigenvalue weighted by Crippen LogP contribution is -2.07. The highest BCUT2D eigenvalue weighted by Crippen LogP contribution is 2.24. The van der Waals surface area contributed by atoms with Crippen LogP contribution in [0.25, 0.3) is 11.5 Å². The summed E-state index contributed by atoms with van der Waals surface area (Å²) in [7, 11) is 0. The number of furan rings is 1. The number of carbonyl (C=O) groups excluding carboxylic acids is 1. The second kappa shape index (κ2) is 4.99. The van der Waals surface area contributed by atoms with E-state index in [0.29, 0.717) is 23.1 Å². The Kier molecular flexibility index (Phi) is 3.42. The molecule has 4 nitrogen and oxygen atoms in total. The molecule has 0 aromatic carbocycles. The first-order valence-electron chi connectivity index (χ1n) is 5.88. The average Bonchev–Trinajstić information content (AvgIpc) is 2.98. The number of aromatic nitrogens is 2. The van der Waals surface area contributed by atoms with E-state index in [1.54, 1.807) is 18.5 Å². The SMILES string of the molecule is CCC(CC)n1cc(C=O)c(-c2ccco2)n1. The molecule has 0 atom stereocenters. The van der Waals surface area contributed by atoms with Crippen molar-refractivity contribution in [3.63, 3.8) is 0 Å². The Hall–Kier alpha value is -1.84. The Morgan fingerprint density at radius 2 is 2.24 bits per heavy atom. The highest BCUT2D eigenvalue weighted by molar-refractivity contribution is 5.83. The summed E-state index contributed by atoms with van der Waals surface area (Å²) in [5.41, 5.74) is 1.20. The third-order valence-corrected chi connectivity index (χ3v) is 2.96. The topological polar surface area (TPSA) is 48.0 Å². The third kappa shape index (κ3) is 2.16. The minimum Gasteiger partial charge on any atom is -0.463 e. The molecular weight excluding hydrogens is 216 g/mol. The van der Waals surface area contributed by atoms with Crippen molar-refractivity contribution >= 4 is 6.29 Å². The molecule has 0 amide bonds. The normalized spacial score (nSPS) is 11.0. The first kappa shape index (κ1) is 11.6. The van der Waals surface area contributed by atoms with E-state index in [4.69, 9.17) is 4.42 Å². The zero-order chi connectivity index (χ0) is 12.3. The van der Waals surface area contributed by atoms with Gasteiger partial charge in [0.2, 0.25) is 0 Å². The van der Waals surface area contributed by atoms with Crippen molar-refractivity contribution in [2.24, 2.45) is 0 Å². The summed E-state index contributed by atoms with van der Waals surface area (Å²) in [5, 5.41) is 4.46. The molecule has 0 bridgehead atoms. The summed E-state index contributed by atoms with van der Waals surface area (Å²) in [6.07, 6.45) is 6.19. The quantitative estimate of drug-likeness (QED) is 0.743. The van der Waals surface area contributed by atoms with Gasteiger partial charge in [-0.2, -0.15) is 5.10 Å². The van der Waals surface area contributed by atoms with Crippen LogP contribution in [0.5, 0.6) is 0 Å². The Morgan fingerprint density at radius 3 is 2.76 bits per heavy atom. The predicted octanol–water partition coefficient (Wildman–Crippen LogP) is 3.32. The van der Waals surface area contributed by atoms with Crippen LogP contribution in [-0.2, 0) is 0 Å². The van der Waals surface area contributed by atoms with E-state index in [1.807, 2.05) is 10.7 Å². The molecule has 0 unspecified atom stereocenters. The van der Waals surface area contributed by atoms with Crippen LogP contribution in [-0.4, -0.2) is 16.1 Å². The van der Waals surface area contributed by atoms with Crippen LogP contribution in [0.1, 0.15) is 43.1 Å². The summed E-state index contributed by atoms with van der Waals surface area (Å²) in [5.74, 6) is 0.636. The van der Waals surface area contributed by atoms with Crippen molar-refractivity contribution in [3.05, 3.63) is 30.2 Å². The Morgan fingerprint density at radius 1 is 1.47 bits per heavy atom. The summed E-state index contributed by atoms with van der Waals surface area (Å²) in [6.45, 7) is 4.23. The lowest BCUT2D eigenvalue weighted by Gasteiger charge is -2.12. The van der Waals surface area contributed by atoms with Crippen LogP contribution in [0.15, 0.2) is 29.0 Å². The Bertz CT molecular complexity index is 481. The lowest BCUT2D eigenvalue weighted by molar-refractivity contribution is 0.112. The van der Waals surface area contributed by atoms with E-state index < -0.39 is 0 Å². The monoisotopic (exact) mass is 232 g/mol. The van der Waals surface area contributed by atoms with Gasteiger partial charge >= 0.3 is 0 Å². The molecule has 0 aliphatic carbocycles. The molecule has 0 saturated carbocycles. The minimum absolute atomic E-state index is 0.331. The molecule has 17 heavy (non-hydrogen) atoms. The molecule has 4 heteroatoms. The van der Waals surface area contributed by atoms with E-state index in [9.17, 15) is 4.79 Å². The van der Waals surface area contributed by atoms with Gasteiger partial charge < -0.3 is 4.42 Å². The molecule has 0 radical (unpaired) electrons. The zero-order valence-corrected chi connectivity index (χ0v) is 10.1. The Balaban J connectivity index is 2.43. The van der Waals surface area contributed by atoms with E-state index in [1.165, 1.54) is 0 Å². The van der Waals surface area contributed by atoms with Gasteiger partial charge in [-0.1, -0.05) is 13.8 Å². The number of hydrogen-bond donors (Lipinski definition) is 0. The van der Waals surface area contributed by atoms with Crippen molar-refractivity contribution in [1.82, 2.24) is 9.78 Å². The van der Waals surface area contributed by atoms with E-state index >= 15 is 0 Å². The average molecular weight is 232 g/mol. The molecular formula is C13H16N2O2. The largest absolute Gasteiger partial charge is 0.463 e. The summed E-state index contributed by atoms with van der Waals surface area (Å²) in [4.78, 5) is 11.0. The maximum atomic E-state index is 11.0. The van der Waals surface area contributed by atoms with Crippen molar-refractivity contribution in [3.8, 4) is 11.5 Å². The zero-order valence-electron chi connectivity index (χ0n) is 10.1. The van der Waals surface area contributed by atoms with Crippen molar-refractivity contribution < 1.29 is 9.21 Å². The molecule has 0 spiro atoms. The molecule has 0 fully saturated rings. The van der Waals surface area contributed by atoms with E-state index in [0.717, 1.165) is 19.1 Å². The van der Waals surface area contributed by atoms with Crippen LogP contribution in [0, 0.1) is 0 Å². The van der Waals surface area contributed by atoms with E-state index in [2.05, 4.69) is 18.9 Å². The van der Waals surface area contributed by atoms with Crippen molar-refractivity contribution in [1.29, 1.82) is 0 Å². The number of aldehydes is 1. The fraction of sp³-hybridized carbons (Fsp3) is 0.385. The van der Waals surface area contributed by atoms with Crippen molar-refractivity contribution in [2.75, 3.05) is 0 Å². The maximum Gasteiger partial charge on any atom is 0.154 e. The molecule has 0 N–H and O–H groups in total. The van der Waals surface area contributed by atoms with Crippen molar-refractivity contribution in [2.45, 2.75) is 32.7 Å². The van der Waals surface area contributed by atoms with Gasteiger partial charge in [-0.05, 0) is 25.0 Å². The molecule has 2 aromatic heterocycles. The fourth-order valence-electron chi connectivity index (χ4n) is 1.95. The highest BCUT2D eigenvalue weighted by Gasteiger charge is 2.16. The molecule has 0 aliphatic heterocycles. The van der Waals surface area contributed by atoms with Gasteiger partial charge in [-0.25, -0.2) is 0 Å². The smallest absolute Gasteiger partial charge is 0.154 e. The maximum absolute atomic E-state index is 11.0. The molecule has 0 aliphatic rings. The number of carbonyl (C=O) groups is 1. The molecule has 2 rings (SSSR count). The molecule has 0 saturated heterocycles. The minimum atomic E-state index is 0.331. The van der Waals surface area contributed by atoms with Gasteiger partial charge in [0.1, 0.15) is 5.69 Å². The summed E-state index contributed by atoms with van der Waals surface area (Å²) < 4.78 is 7.15. The third-order valence-electron chi connectivity index (χ3n) is 2.96.